The number of allylic oxidation sites excluding steroid dienone is 4. The van der Waals surface area contributed by atoms with Crippen molar-refractivity contribution in [3.63, 3.8) is 0 Å². The number of hydrogen-bond donors (Lipinski definition) is 0. The van der Waals surface area contributed by atoms with E-state index in [1.165, 1.54) is 6.08 Å². The molecule has 0 bridgehead atoms. The molecule has 0 atom stereocenters. The van der Waals surface area contributed by atoms with Gasteiger partial charge in [0, 0.05) is 0 Å². The molecule has 0 aliphatic heterocycles. The molecule has 0 fully saturated rings. The van der Waals surface area contributed by atoms with Crippen LogP contribution in [0.1, 0.15) is 33.2 Å². The molecule has 0 aliphatic rings. The van der Waals surface area contributed by atoms with Crippen molar-refractivity contribution in [2.75, 3.05) is 0 Å². The molecule has 26 heavy (non-hydrogen) atoms. The van der Waals surface area contributed by atoms with E-state index in [-0.39, 0.29) is 0 Å². The fourth-order valence-electron chi connectivity index (χ4n) is 2.08. The molecule has 0 radical (unpaired) electrons. The molecule has 0 N–H and O–H groups in total. The molecule has 0 aliphatic carbocycles. The van der Waals surface area contributed by atoms with E-state index in [1.54, 1.807) is 54.6 Å². The first kappa shape index (κ1) is 18.9. The van der Waals surface area contributed by atoms with E-state index >= 15 is 0 Å². The maximum Gasteiger partial charge on any atom is 0.343 e. The Hall–Kier alpha value is -3.40. The number of rotatable bonds is 6. The Morgan fingerprint density at radius 3 is 2.08 bits per heavy atom. The van der Waals surface area contributed by atoms with Crippen molar-refractivity contribution in [2.24, 2.45) is 0 Å². The maximum atomic E-state index is 12.2. The van der Waals surface area contributed by atoms with Crippen molar-refractivity contribution in [3.8, 4) is 5.75 Å². The molecule has 0 aromatic heterocycles. The fraction of sp³-hybridized carbons (Fsp3) is 0.0909. The zero-order valence-corrected chi connectivity index (χ0v) is 14.8. The number of aryl methyl sites for hydroxylation is 1. The molecule has 4 nitrogen and oxygen atoms in total. The van der Waals surface area contributed by atoms with Crippen molar-refractivity contribution in [1.29, 1.82) is 0 Å². The number of carbonyl (C=O) groups is 2. The van der Waals surface area contributed by atoms with Gasteiger partial charge in [-0.05, 0) is 62.4 Å². The number of ether oxygens (including phenoxy) is 2. The van der Waals surface area contributed by atoms with E-state index in [0.717, 1.165) is 5.56 Å². The molecule has 0 saturated heterocycles. The highest BCUT2D eigenvalue weighted by atomic mass is 16.5. The van der Waals surface area contributed by atoms with Crippen LogP contribution in [-0.4, -0.2) is 11.9 Å². The average Bonchev–Trinajstić information content (AvgIpc) is 2.63. The fourth-order valence-corrected chi connectivity index (χ4v) is 2.08. The molecular formula is C22H20O4. The summed E-state index contributed by atoms with van der Waals surface area (Å²) in [6.45, 7) is 7.35. The molecule has 0 saturated carbocycles. The molecular weight excluding hydrogens is 328 g/mol. The smallest absolute Gasteiger partial charge is 0.343 e. The van der Waals surface area contributed by atoms with Crippen molar-refractivity contribution in [2.45, 2.75) is 13.8 Å². The Bertz CT molecular complexity index is 841. The van der Waals surface area contributed by atoms with Crippen molar-refractivity contribution < 1.29 is 19.1 Å². The SMILES string of the molecule is C=C/C=C(\C=C/C)OC(=O)c1ccc(OC(=O)c2ccc(C)cc2)cc1. The quantitative estimate of drug-likeness (QED) is 0.318. The second-order valence-electron chi connectivity index (χ2n) is 5.47. The summed E-state index contributed by atoms with van der Waals surface area (Å²) in [4.78, 5) is 24.2. The van der Waals surface area contributed by atoms with Gasteiger partial charge >= 0.3 is 11.9 Å². The highest BCUT2D eigenvalue weighted by molar-refractivity contribution is 5.92. The second-order valence-corrected chi connectivity index (χ2v) is 5.47. The lowest BCUT2D eigenvalue weighted by Crippen LogP contribution is -2.09. The molecule has 0 amide bonds. The van der Waals surface area contributed by atoms with Gasteiger partial charge in [0.25, 0.3) is 0 Å². The van der Waals surface area contributed by atoms with Gasteiger partial charge in [-0.15, -0.1) is 0 Å². The van der Waals surface area contributed by atoms with Crippen LogP contribution in [0.4, 0.5) is 0 Å². The van der Waals surface area contributed by atoms with E-state index < -0.39 is 11.9 Å². The third-order valence-electron chi connectivity index (χ3n) is 3.41. The van der Waals surface area contributed by atoms with Gasteiger partial charge in [0.1, 0.15) is 11.5 Å². The van der Waals surface area contributed by atoms with Gasteiger partial charge in [0.05, 0.1) is 11.1 Å². The van der Waals surface area contributed by atoms with Crippen LogP contribution in [0.2, 0.25) is 0 Å². The van der Waals surface area contributed by atoms with Gasteiger partial charge in [-0.25, -0.2) is 9.59 Å². The second kappa shape index (κ2) is 9.18. The van der Waals surface area contributed by atoms with Crippen molar-refractivity contribution in [3.05, 3.63) is 102 Å². The zero-order valence-electron chi connectivity index (χ0n) is 14.8. The van der Waals surface area contributed by atoms with E-state index in [0.29, 0.717) is 22.6 Å². The lowest BCUT2D eigenvalue weighted by molar-refractivity contribution is 0.0637. The van der Waals surface area contributed by atoms with Crippen LogP contribution in [0.15, 0.2) is 85.2 Å². The summed E-state index contributed by atoms with van der Waals surface area (Å²) in [5.41, 5.74) is 1.87. The van der Waals surface area contributed by atoms with E-state index in [2.05, 4.69) is 6.58 Å². The van der Waals surface area contributed by atoms with Crippen LogP contribution < -0.4 is 4.74 Å². The minimum atomic E-state index is -0.507. The van der Waals surface area contributed by atoms with Crippen molar-refractivity contribution >= 4 is 11.9 Å². The predicted octanol–water partition coefficient (Wildman–Crippen LogP) is 5.02. The summed E-state index contributed by atoms with van der Waals surface area (Å²) in [6.07, 6.45) is 6.55. The lowest BCUT2D eigenvalue weighted by Gasteiger charge is -2.07. The predicted molar refractivity (Wildman–Crippen MR) is 101 cm³/mol. The monoisotopic (exact) mass is 348 g/mol. The molecule has 0 spiro atoms. The van der Waals surface area contributed by atoms with Crippen LogP contribution in [0, 0.1) is 6.92 Å². The Labute approximate surface area is 153 Å². The van der Waals surface area contributed by atoms with Crippen LogP contribution in [0.3, 0.4) is 0 Å². The highest BCUT2D eigenvalue weighted by Gasteiger charge is 2.11. The highest BCUT2D eigenvalue weighted by Crippen LogP contribution is 2.16. The number of hydrogen-bond acceptors (Lipinski definition) is 4. The minimum Gasteiger partial charge on any atom is -0.423 e. The Balaban J connectivity index is 2.04. The topological polar surface area (TPSA) is 52.6 Å². The third kappa shape index (κ3) is 5.31. The normalized spacial score (nSPS) is 11.2. The molecule has 2 aromatic rings. The van der Waals surface area contributed by atoms with E-state index in [4.69, 9.17) is 9.47 Å². The number of esters is 2. The molecule has 0 unspecified atom stereocenters. The standard InChI is InChI=1S/C22H20O4/c1-4-6-19(7-5-2)25-22(24)18-12-14-20(15-13-18)26-21(23)17-10-8-16(3)9-11-17/h4-15H,1H2,2-3H3/b7-5-,19-6+. The molecule has 4 heteroatoms. The summed E-state index contributed by atoms with van der Waals surface area (Å²) in [5.74, 6) is -0.220. The Kier molecular flexibility index (Phi) is 6.68. The first-order chi connectivity index (χ1) is 12.5. The largest absolute Gasteiger partial charge is 0.423 e. The third-order valence-corrected chi connectivity index (χ3v) is 3.41. The lowest BCUT2D eigenvalue weighted by atomic mass is 10.1. The first-order valence-corrected chi connectivity index (χ1v) is 8.10. The Morgan fingerprint density at radius 2 is 1.50 bits per heavy atom. The first-order valence-electron chi connectivity index (χ1n) is 8.10. The molecule has 0 heterocycles. The number of carbonyl (C=O) groups excluding carboxylic acids is 2. The van der Waals surface area contributed by atoms with Gasteiger partial charge in [0.2, 0.25) is 0 Å². The maximum absolute atomic E-state index is 12.2. The Morgan fingerprint density at radius 1 is 0.923 bits per heavy atom. The van der Waals surface area contributed by atoms with Crippen LogP contribution in [0.25, 0.3) is 0 Å². The van der Waals surface area contributed by atoms with Gasteiger partial charge in [-0.1, -0.05) is 36.4 Å². The van der Waals surface area contributed by atoms with E-state index in [9.17, 15) is 9.59 Å². The van der Waals surface area contributed by atoms with Crippen molar-refractivity contribution in [1.82, 2.24) is 0 Å². The number of benzene rings is 2. The summed E-state index contributed by atoms with van der Waals surface area (Å²) < 4.78 is 10.6. The summed E-state index contributed by atoms with van der Waals surface area (Å²) in [6, 6.07) is 13.3. The van der Waals surface area contributed by atoms with Crippen LogP contribution >= 0.6 is 0 Å². The molecule has 2 aromatic carbocycles. The van der Waals surface area contributed by atoms with Gasteiger partial charge in [-0.3, -0.25) is 0 Å². The summed E-state index contributed by atoms with van der Waals surface area (Å²) in [5, 5.41) is 0. The average molecular weight is 348 g/mol. The van der Waals surface area contributed by atoms with Gasteiger partial charge in [0.15, 0.2) is 0 Å². The minimum absolute atomic E-state index is 0.347. The molecule has 2 rings (SSSR count). The van der Waals surface area contributed by atoms with E-state index in [1.807, 2.05) is 26.0 Å². The van der Waals surface area contributed by atoms with Gasteiger partial charge in [-0.2, -0.15) is 0 Å². The van der Waals surface area contributed by atoms with Crippen LogP contribution in [-0.2, 0) is 4.74 Å². The van der Waals surface area contributed by atoms with Crippen LogP contribution in [0.5, 0.6) is 5.75 Å². The molecule has 132 valence electrons. The summed E-state index contributed by atoms with van der Waals surface area (Å²) in [7, 11) is 0. The van der Waals surface area contributed by atoms with Gasteiger partial charge < -0.3 is 9.47 Å². The summed E-state index contributed by atoms with van der Waals surface area (Å²) >= 11 is 0. The zero-order chi connectivity index (χ0) is 18.9.